The molecule has 1 aromatic carbocycles. The van der Waals surface area contributed by atoms with Crippen LogP contribution in [0.1, 0.15) is 22.6 Å². The summed E-state index contributed by atoms with van der Waals surface area (Å²) >= 11 is 19.2. The molecule has 5 rings (SSSR count). The molecule has 0 bridgehead atoms. The standard InChI is InChI=1S/C14H4N2O2S2.C9H8Cl3NO2S/c15-5-9-10(6-16)20-14-12(18)8-4-2-1-3-7(8)11(17)13(14)19-9;10-9(11,12)16-13-7(14)5-3-1-2-4-6(5)8(13)15/h1-4H;1,3,5-6H,2,4H2. The zero-order chi connectivity index (χ0) is 26.2. The Balaban J connectivity index is 0.000000174. The topological polar surface area (TPSA) is 119 Å². The van der Waals surface area contributed by atoms with Crippen LogP contribution < -0.4 is 10.9 Å². The van der Waals surface area contributed by atoms with Gasteiger partial charge >= 0.3 is 0 Å². The molecule has 1 fully saturated rings. The van der Waals surface area contributed by atoms with Crippen molar-refractivity contribution in [1.82, 2.24) is 4.31 Å². The Labute approximate surface area is 230 Å². The number of hydrogen-bond donors (Lipinski definition) is 0. The second kappa shape index (κ2) is 10.5. The smallest absolute Gasteiger partial charge is 0.256 e. The van der Waals surface area contributed by atoms with E-state index in [9.17, 15) is 19.2 Å². The molecule has 0 N–H and O–H groups in total. The maximum absolute atomic E-state index is 12.4. The Morgan fingerprint density at radius 1 is 0.917 bits per heavy atom. The van der Waals surface area contributed by atoms with E-state index in [4.69, 9.17) is 45.3 Å². The second-order valence-corrected chi connectivity index (χ2v) is 13.7. The van der Waals surface area contributed by atoms with Crippen molar-refractivity contribution in [2.24, 2.45) is 11.8 Å². The van der Waals surface area contributed by atoms with E-state index in [0.717, 1.165) is 33.4 Å². The molecule has 2 unspecified atom stereocenters. The van der Waals surface area contributed by atoms with Gasteiger partial charge in [0.15, 0.2) is 0 Å². The van der Waals surface area contributed by atoms with Gasteiger partial charge in [0.2, 0.25) is 22.7 Å². The quantitative estimate of drug-likeness (QED) is 0.167. The molecule has 4 aliphatic rings. The number of hydrogen-bond acceptors (Lipinski definition) is 9. The third-order valence-electron chi connectivity index (χ3n) is 5.47. The fourth-order valence-electron chi connectivity index (χ4n) is 3.91. The van der Waals surface area contributed by atoms with Gasteiger partial charge in [0.25, 0.3) is 3.12 Å². The zero-order valence-corrected chi connectivity index (χ0v) is 22.6. The number of alkyl halides is 3. The number of imide groups is 1. The first kappa shape index (κ1) is 26.6. The van der Waals surface area contributed by atoms with Gasteiger partial charge in [-0.1, -0.05) is 71.2 Å². The summed E-state index contributed by atoms with van der Waals surface area (Å²) in [5.41, 5.74) is -0.533. The van der Waals surface area contributed by atoms with Gasteiger partial charge in [-0.2, -0.15) is 10.5 Å². The molecule has 1 saturated heterocycles. The number of allylic oxidation sites excluding steroid dienone is 1. The van der Waals surface area contributed by atoms with Crippen molar-refractivity contribution >= 4 is 92.0 Å². The third-order valence-corrected chi connectivity index (χ3v) is 9.29. The minimum absolute atomic E-state index is 0.164. The number of carbonyl (C=O) groups excluding carboxylic acids is 2. The number of rotatable bonds is 1. The molecule has 0 spiro atoms. The van der Waals surface area contributed by atoms with Gasteiger partial charge in [0.05, 0.1) is 20.9 Å². The Kier molecular flexibility index (Phi) is 7.77. The molecule has 0 aromatic heterocycles. The molecule has 2 atom stereocenters. The van der Waals surface area contributed by atoms with Crippen LogP contribution in [0.15, 0.2) is 46.0 Å². The van der Waals surface area contributed by atoms with Crippen LogP contribution in [0.5, 0.6) is 0 Å². The first-order valence-corrected chi connectivity index (χ1v) is 13.7. The maximum atomic E-state index is 12.4. The van der Waals surface area contributed by atoms with Crippen LogP contribution in [0.4, 0.5) is 0 Å². The summed E-state index contributed by atoms with van der Waals surface area (Å²) in [6.45, 7) is 0. The predicted molar refractivity (Wildman–Crippen MR) is 142 cm³/mol. The molecule has 13 heteroatoms. The SMILES string of the molecule is N#Cc1sc2c(=O)c3ccccc3c(=O)c=2sc1C#N.O=C1C2C=CCCC2C(=O)N1SC(Cl)(Cl)Cl. The van der Waals surface area contributed by atoms with Crippen LogP contribution >= 0.6 is 69.4 Å². The van der Waals surface area contributed by atoms with Crippen LogP contribution in [0, 0.1) is 43.6 Å². The van der Waals surface area contributed by atoms with Crippen molar-refractivity contribution in [3.8, 4) is 12.1 Å². The fraction of sp³-hybridized carbons (Fsp3) is 0.217. The predicted octanol–water partition coefficient (Wildman–Crippen LogP) is 5.06. The normalized spacial score (nSPS) is 19.0. The van der Waals surface area contributed by atoms with Crippen molar-refractivity contribution in [3.05, 3.63) is 75.7 Å². The Hall–Kier alpha value is -2.44. The summed E-state index contributed by atoms with van der Waals surface area (Å²) < 4.78 is -0.218. The van der Waals surface area contributed by atoms with Crippen molar-refractivity contribution in [1.29, 1.82) is 10.5 Å². The lowest BCUT2D eigenvalue weighted by Gasteiger charge is -2.17. The van der Waals surface area contributed by atoms with E-state index in [-0.39, 0.29) is 53.3 Å². The van der Waals surface area contributed by atoms with Crippen molar-refractivity contribution in [2.45, 2.75) is 16.0 Å². The third kappa shape index (κ3) is 5.03. The molecule has 2 aliphatic heterocycles. The van der Waals surface area contributed by atoms with Gasteiger partial charge in [-0.05, 0) is 12.8 Å². The molecule has 36 heavy (non-hydrogen) atoms. The Morgan fingerprint density at radius 3 is 1.89 bits per heavy atom. The van der Waals surface area contributed by atoms with Crippen LogP contribution in [0.25, 0.3) is 10.8 Å². The van der Waals surface area contributed by atoms with Gasteiger partial charge in [0.1, 0.15) is 21.9 Å². The van der Waals surface area contributed by atoms with Crippen LogP contribution in [0.2, 0.25) is 0 Å². The highest BCUT2D eigenvalue weighted by molar-refractivity contribution is 8.03. The average molecular weight is 597 g/mol. The van der Waals surface area contributed by atoms with E-state index < -0.39 is 3.12 Å². The number of fused-ring (bicyclic) bond motifs is 2. The fourth-order valence-corrected chi connectivity index (χ4v) is 7.23. The molecule has 7 nitrogen and oxygen atoms in total. The zero-order valence-electron chi connectivity index (χ0n) is 17.9. The number of amides is 2. The highest BCUT2D eigenvalue weighted by Crippen LogP contribution is 2.46. The lowest BCUT2D eigenvalue weighted by Crippen LogP contribution is -2.26. The van der Waals surface area contributed by atoms with Crippen molar-refractivity contribution in [3.63, 3.8) is 0 Å². The van der Waals surface area contributed by atoms with E-state index in [2.05, 4.69) is 0 Å². The van der Waals surface area contributed by atoms with Gasteiger partial charge in [-0.3, -0.25) is 19.2 Å². The monoisotopic (exact) mass is 595 g/mol. The van der Waals surface area contributed by atoms with E-state index in [1.165, 1.54) is 0 Å². The second-order valence-electron chi connectivity index (χ2n) is 7.59. The number of carbonyl (C=O) groups is 2. The lowest BCUT2D eigenvalue weighted by atomic mass is 9.86. The summed E-state index contributed by atoms with van der Waals surface area (Å²) in [7, 11) is 0. The lowest BCUT2D eigenvalue weighted by molar-refractivity contribution is -0.133. The molecule has 0 radical (unpaired) electrons. The average Bonchev–Trinajstić information content (AvgIpc) is 3.10. The summed E-state index contributed by atoms with van der Waals surface area (Å²) in [4.78, 5) is 48.9. The number of nitrogens with zero attached hydrogens (tertiary/aromatic N) is 3. The van der Waals surface area contributed by atoms with E-state index in [0.29, 0.717) is 29.1 Å². The molecule has 2 aliphatic carbocycles. The van der Waals surface area contributed by atoms with Crippen LogP contribution in [-0.2, 0) is 9.59 Å². The Morgan fingerprint density at radius 2 is 1.44 bits per heavy atom. The van der Waals surface area contributed by atoms with Crippen LogP contribution in [0.3, 0.4) is 0 Å². The number of nitriles is 2. The molecule has 1 aromatic rings. The number of benzene rings is 1. The summed E-state index contributed by atoms with van der Waals surface area (Å²) in [6, 6.07) is 10.4. The molecule has 2 heterocycles. The minimum atomic E-state index is -1.69. The molecular weight excluding hydrogens is 585 g/mol. The summed E-state index contributed by atoms with van der Waals surface area (Å²) in [5.74, 6) is -1.20. The van der Waals surface area contributed by atoms with Gasteiger partial charge in [-0.15, -0.1) is 22.7 Å². The highest BCUT2D eigenvalue weighted by atomic mass is 35.6. The molecule has 0 saturated carbocycles. The van der Waals surface area contributed by atoms with Gasteiger partial charge in [0, 0.05) is 22.7 Å². The number of halogens is 3. The summed E-state index contributed by atoms with van der Waals surface area (Å²) in [6.07, 6.45) is 5.18. The largest absolute Gasteiger partial charge is 0.288 e. The Bertz CT molecular complexity index is 1610. The first-order chi connectivity index (χ1) is 17.1. The van der Waals surface area contributed by atoms with E-state index in [1.807, 2.05) is 18.2 Å². The highest BCUT2D eigenvalue weighted by Gasteiger charge is 2.49. The van der Waals surface area contributed by atoms with E-state index >= 15 is 0 Å². The minimum Gasteiger partial charge on any atom is -0.288 e. The summed E-state index contributed by atoms with van der Waals surface area (Å²) in [5, 5.41) is 18.7. The van der Waals surface area contributed by atoms with E-state index in [1.54, 1.807) is 30.3 Å². The molecule has 2 amide bonds. The van der Waals surface area contributed by atoms with Gasteiger partial charge in [-0.25, -0.2) is 4.31 Å². The molecular formula is C23H12Cl3N3O4S3. The maximum Gasteiger partial charge on any atom is 0.256 e. The first-order valence-electron chi connectivity index (χ1n) is 10.2. The van der Waals surface area contributed by atoms with Crippen molar-refractivity contribution < 1.29 is 9.59 Å². The van der Waals surface area contributed by atoms with Crippen LogP contribution in [-0.4, -0.2) is 19.2 Å². The van der Waals surface area contributed by atoms with Crippen molar-refractivity contribution in [2.75, 3.05) is 0 Å². The van der Waals surface area contributed by atoms with Gasteiger partial charge < -0.3 is 0 Å². The molecule has 182 valence electrons.